The normalized spacial score (nSPS) is 10.7. The van der Waals surface area contributed by atoms with Gasteiger partial charge in [-0.05, 0) is 4.57 Å². The Morgan fingerprint density at radius 2 is 2.57 bits per heavy atom. The molecule has 0 spiro atoms. The van der Waals surface area contributed by atoms with E-state index in [1.165, 1.54) is 6.08 Å². The molecule has 0 fully saturated rings. The van der Waals surface area contributed by atoms with Crippen molar-refractivity contribution in [3.8, 4) is 0 Å². The van der Waals surface area contributed by atoms with Crippen molar-refractivity contribution in [1.82, 2.24) is 5.09 Å². The molecule has 0 aromatic rings. The van der Waals surface area contributed by atoms with Gasteiger partial charge in [-0.15, -0.1) is 11.5 Å². The molecular formula is C3H7NO2P+. The molecule has 0 heterocycles. The predicted octanol–water partition coefficient (Wildman–Crippen LogP) is 0.412. The van der Waals surface area contributed by atoms with Gasteiger partial charge in [-0.2, -0.15) is 0 Å². The fourth-order valence-electron chi connectivity index (χ4n) is 0.143. The maximum Gasteiger partial charge on any atom is 0.610 e. The molecule has 0 aromatic heterocycles. The molecule has 0 rings (SSSR count). The van der Waals surface area contributed by atoms with E-state index < -0.39 is 8.18 Å². The van der Waals surface area contributed by atoms with Crippen LogP contribution in [0.5, 0.6) is 0 Å². The van der Waals surface area contributed by atoms with E-state index in [0.717, 1.165) is 0 Å². The number of rotatable bonds is 3. The summed E-state index contributed by atoms with van der Waals surface area (Å²) in [6.45, 7) is 3.71. The van der Waals surface area contributed by atoms with E-state index in [1.54, 1.807) is 0 Å². The molecule has 0 saturated carbocycles. The van der Waals surface area contributed by atoms with Crippen LogP contribution in [-0.2, 0) is 4.57 Å². The first kappa shape index (κ1) is 6.76. The Morgan fingerprint density at radius 3 is 2.71 bits per heavy atom. The highest BCUT2D eigenvalue weighted by Gasteiger charge is 2.03. The van der Waals surface area contributed by atoms with Gasteiger partial charge >= 0.3 is 8.18 Å². The molecule has 1 unspecified atom stereocenters. The Bertz CT molecular complexity index is 83.0. The van der Waals surface area contributed by atoms with E-state index in [1.807, 2.05) is 0 Å². The van der Waals surface area contributed by atoms with Crippen molar-refractivity contribution in [2.45, 2.75) is 0 Å². The van der Waals surface area contributed by atoms with Crippen LogP contribution in [0.1, 0.15) is 0 Å². The molecule has 7 heavy (non-hydrogen) atoms. The fraction of sp³-hybridized carbons (Fsp3) is 0.333. The van der Waals surface area contributed by atoms with Crippen LogP contribution in [0, 0.1) is 0 Å². The van der Waals surface area contributed by atoms with Crippen molar-refractivity contribution in [3.63, 3.8) is 0 Å². The smallest absolute Gasteiger partial charge is 0.144 e. The third kappa shape index (κ3) is 5.76. The second-order valence-corrected chi connectivity index (χ2v) is 1.79. The van der Waals surface area contributed by atoms with Crippen LogP contribution in [0.3, 0.4) is 0 Å². The lowest BCUT2D eigenvalue weighted by atomic mass is 10.7. The molecule has 0 bridgehead atoms. The van der Waals surface area contributed by atoms with Crippen LogP contribution >= 0.6 is 8.18 Å². The predicted molar refractivity (Wildman–Crippen MR) is 28.0 cm³/mol. The Morgan fingerprint density at radius 1 is 2.00 bits per heavy atom. The summed E-state index contributed by atoms with van der Waals surface area (Å²) in [5, 5.41) is 2.24. The lowest BCUT2D eigenvalue weighted by Gasteiger charge is -1.73. The van der Waals surface area contributed by atoms with Crippen molar-refractivity contribution >= 4 is 8.18 Å². The highest BCUT2D eigenvalue weighted by atomic mass is 31.1. The lowest BCUT2D eigenvalue weighted by molar-refractivity contribution is 0.492. The zero-order valence-corrected chi connectivity index (χ0v) is 4.69. The zero-order valence-electron chi connectivity index (χ0n) is 3.79. The van der Waals surface area contributed by atoms with Crippen LogP contribution in [0.25, 0.3) is 0 Å². The maximum atomic E-state index is 9.75. The molecule has 0 saturated heterocycles. The van der Waals surface area contributed by atoms with Crippen molar-refractivity contribution in [3.05, 3.63) is 12.7 Å². The third-order valence-electron chi connectivity index (χ3n) is 0.371. The topological polar surface area (TPSA) is 49.3 Å². The summed E-state index contributed by atoms with van der Waals surface area (Å²) in [5.74, 6) is 0. The standard InChI is InChI=1S/C3H6NO2P/c1-2-3-4-7(5)6/h2H,1,3H2,(H-,4,5,6)/p+1. The van der Waals surface area contributed by atoms with Gasteiger partial charge in [-0.25, -0.2) is 0 Å². The molecular weight excluding hydrogens is 113 g/mol. The van der Waals surface area contributed by atoms with E-state index in [9.17, 15) is 4.57 Å². The SMILES string of the molecule is C=CCN[P+](=O)O. The van der Waals surface area contributed by atoms with Gasteiger partial charge in [0.15, 0.2) is 0 Å². The molecule has 0 radical (unpaired) electrons. The summed E-state index contributed by atoms with van der Waals surface area (Å²) in [7, 11) is -2.18. The summed E-state index contributed by atoms with van der Waals surface area (Å²) in [6.07, 6.45) is 1.52. The van der Waals surface area contributed by atoms with E-state index in [-0.39, 0.29) is 0 Å². The van der Waals surface area contributed by atoms with Crippen LogP contribution in [0.4, 0.5) is 0 Å². The zero-order chi connectivity index (χ0) is 5.70. The summed E-state index contributed by atoms with van der Waals surface area (Å²) in [4.78, 5) is 8.03. The second-order valence-electron chi connectivity index (χ2n) is 0.924. The highest BCUT2D eigenvalue weighted by molar-refractivity contribution is 7.35. The summed E-state index contributed by atoms with van der Waals surface area (Å²) >= 11 is 0. The van der Waals surface area contributed by atoms with Gasteiger partial charge in [-0.3, -0.25) is 0 Å². The van der Waals surface area contributed by atoms with Gasteiger partial charge < -0.3 is 0 Å². The molecule has 3 nitrogen and oxygen atoms in total. The highest BCUT2D eigenvalue weighted by Crippen LogP contribution is 2.01. The quantitative estimate of drug-likeness (QED) is 0.419. The van der Waals surface area contributed by atoms with Crippen molar-refractivity contribution in [1.29, 1.82) is 0 Å². The van der Waals surface area contributed by atoms with Gasteiger partial charge in [0.2, 0.25) is 0 Å². The minimum Gasteiger partial charge on any atom is -0.144 e. The largest absolute Gasteiger partial charge is 0.610 e. The minimum absolute atomic E-state index is 0.381. The van der Waals surface area contributed by atoms with Gasteiger partial charge in [0, 0.05) is 0 Å². The monoisotopic (exact) mass is 120 g/mol. The van der Waals surface area contributed by atoms with E-state index in [0.29, 0.717) is 6.54 Å². The Hall–Kier alpha value is -0.240. The minimum atomic E-state index is -2.18. The summed E-state index contributed by atoms with van der Waals surface area (Å²) in [5.41, 5.74) is 0. The van der Waals surface area contributed by atoms with Crippen LogP contribution in [-0.4, -0.2) is 11.4 Å². The average Bonchev–Trinajstić information content (AvgIpc) is 1.61. The number of nitrogens with one attached hydrogen (secondary N) is 1. The molecule has 4 heteroatoms. The van der Waals surface area contributed by atoms with E-state index in [2.05, 4.69) is 11.7 Å². The molecule has 0 aromatic carbocycles. The first-order valence-corrected chi connectivity index (χ1v) is 2.99. The van der Waals surface area contributed by atoms with Crippen LogP contribution < -0.4 is 5.09 Å². The first-order chi connectivity index (χ1) is 3.27. The first-order valence-electron chi connectivity index (χ1n) is 1.78. The molecule has 2 N–H and O–H groups in total. The van der Waals surface area contributed by atoms with E-state index >= 15 is 0 Å². The van der Waals surface area contributed by atoms with Crippen LogP contribution in [0.15, 0.2) is 12.7 Å². The molecule has 1 atom stereocenters. The fourth-order valence-corrected chi connectivity index (χ4v) is 0.428. The number of hydrogen-bond donors (Lipinski definition) is 2. The van der Waals surface area contributed by atoms with Crippen LogP contribution in [0.2, 0.25) is 0 Å². The molecule has 40 valence electrons. The second kappa shape index (κ2) is 3.93. The summed E-state index contributed by atoms with van der Waals surface area (Å²) < 4.78 is 9.75. The third-order valence-corrected chi connectivity index (χ3v) is 0.824. The lowest BCUT2D eigenvalue weighted by Crippen LogP contribution is -1.99. The molecule has 0 aliphatic heterocycles. The van der Waals surface area contributed by atoms with Gasteiger partial charge in [0.05, 0.1) is 6.54 Å². The maximum absolute atomic E-state index is 9.75. The molecule has 0 amide bonds. The summed E-state index contributed by atoms with van der Waals surface area (Å²) in [6, 6.07) is 0. The molecule has 0 aliphatic carbocycles. The average molecular weight is 120 g/mol. The molecule has 0 aliphatic rings. The van der Waals surface area contributed by atoms with Crippen molar-refractivity contribution in [2.24, 2.45) is 0 Å². The van der Waals surface area contributed by atoms with Gasteiger partial charge in [0.1, 0.15) is 0 Å². The Balaban J connectivity index is 2.97. The van der Waals surface area contributed by atoms with Gasteiger partial charge in [0.25, 0.3) is 0 Å². The van der Waals surface area contributed by atoms with Gasteiger partial charge in [-0.1, -0.05) is 11.2 Å². The Kier molecular flexibility index (Phi) is 3.80. The Labute approximate surface area is 43.0 Å². The van der Waals surface area contributed by atoms with E-state index in [4.69, 9.17) is 4.89 Å². The number of hydrogen-bond acceptors (Lipinski definition) is 1. The van der Waals surface area contributed by atoms with Crippen molar-refractivity contribution < 1.29 is 9.46 Å². The van der Waals surface area contributed by atoms with Crippen molar-refractivity contribution in [2.75, 3.05) is 6.54 Å².